The minimum Gasteiger partial charge on any atom is -0.497 e. The topological polar surface area (TPSA) is 52.6 Å². The van der Waals surface area contributed by atoms with E-state index >= 15 is 4.79 Å². The summed E-state index contributed by atoms with van der Waals surface area (Å²) in [5.41, 5.74) is 4.73. The number of allylic oxidation sites excluding steroid dienone is 2. The van der Waals surface area contributed by atoms with Crippen LogP contribution in [0.5, 0.6) is 11.5 Å². The van der Waals surface area contributed by atoms with Crippen molar-refractivity contribution in [3.8, 4) is 11.5 Å². The van der Waals surface area contributed by atoms with Crippen LogP contribution in [0.2, 0.25) is 0 Å². The molecule has 1 aliphatic carbocycles. The van der Waals surface area contributed by atoms with Crippen LogP contribution < -0.4 is 9.47 Å². The van der Waals surface area contributed by atoms with Crippen LogP contribution in [-0.2, 0) is 4.79 Å². The molecule has 42 heavy (non-hydrogen) atoms. The molecule has 0 radical (unpaired) electrons. The van der Waals surface area contributed by atoms with Gasteiger partial charge in [-0.3, -0.25) is 4.79 Å². The van der Waals surface area contributed by atoms with Crippen molar-refractivity contribution < 1.29 is 19.1 Å². The van der Waals surface area contributed by atoms with Gasteiger partial charge in [0.05, 0.1) is 12.7 Å². The molecule has 1 spiro atoms. The maximum atomic E-state index is 15.2. The van der Waals surface area contributed by atoms with E-state index in [-0.39, 0.29) is 11.5 Å². The number of carbonyl (C=O) groups excluding carboxylic acids is 2. The van der Waals surface area contributed by atoms with Gasteiger partial charge in [0.25, 0.3) is 0 Å². The number of hydrogen-bond acceptors (Lipinski definition) is 4. The van der Waals surface area contributed by atoms with Gasteiger partial charge in [-0.2, -0.15) is 0 Å². The predicted octanol–water partition coefficient (Wildman–Crippen LogP) is 8.02. The monoisotopic (exact) mass is 546 g/mol. The molecule has 0 N–H and O–H groups in total. The van der Waals surface area contributed by atoms with Crippen molar-refractivity contribution >= 4 is 34.0 Å². The van der Waals surface area contributed by atoms with Crippen LogP contribution in [0.25, 0.3) is 22.3 Å². The van der Waals surface area contributed by atoms with Crippen molar-refractivity contribution in [2.75, 3.05) is 7.11 Å². The Balaban J connectivity index is 1.70. The highest BCUT2D eigenvalue weighted by Crippen LogP contribution is 2.64. The summed E-state index contributed by atoms with van der Waals surface area (Å²) in [6.07, 6.45) is 0. The Morgan fingerprint density at radius 1 is 0.548 bits per heavy atom. The number of methoxy groups -OCH3 is 1. The van der Waals surface area contributed by atoms with Crippen molar-refractivity contribution in [1.82, 2.24) is 0 Å². The summed E-state index contributed by atoms with van der Waals surface area (Å²) in [6, 6.07) is 44.3. The molecule has 1 aliphatic heterocycles. The normalized spacial score (nSPS) is 15.5. The molecule has 4 nitrogen and oxygen atoms in total. The summed E-state index contributed by atoms with van der Waals surface area (Å²) in [5, 5.41) is 0. The second-order valence-corrected chi connectivity index (χ2v) is 10.3. The number of ether oxygens (including phenoxy) is 2. The van der Waals surface area contributed by atoms with Crippen LogP contribution in [0.1, 0.15) is 32.6 Å². The van der Waals surface area contributed by atoms with E-state index in [4.69, 9.17) is 9.47 Å². The summed E-state index contributed by atoms with van der Waals surface area (Å²) in [5.74, 6) is -0.229. The first kappa shape index (κ1) is 25.5. The van der Waals surface area contributed by atoms with E-state index in [1.165, 1.54) is 0 Å². The zero-order valence-electron chi connectivity index (χ0n) is 22.9. The first-order valence-corrected chi connectivity index (χ1v) is 13.8. The van der Waals surface area contributed by atoms with Gasteiger partial charge in [-0.1, -0.05) is 121 Å². The van der Waals surface area contributed by atoms with Gasteiger partial charge in [0.1, 0.15) is 11.5 Å². The number of Topliss-reactive ketones (excluding diaryl/α,β-unsaturated/α-hetero) is 1. The summed E-state index contributed by atoms with van der Waals surface area (Å²) in [7, 11) is 1.55. The molecule has 0 saturated carbocycles. The van der Waals surface area contributed by atoms with Crippen LogP contribution in [0.4, 0.5) is 0 Å². The Morgan fingerprint density at radius 3 is 1.40 bits per heavy atom. The third-order valence-corrected chi connectivity index (χ3v) is 8.03. The van der Waals surface area contributed by atoms with E-state index in [9.17, 15) is 4.79 Å². The van der Waals surface area contributed by atoms with Crippen molar-refractivity contribution in [2.24, 2.45) is 5.41 Å². The van der Waals surface area contributed by atoms with Gasteiger partial charge in [0, 0.05) is 0 Å². The molecule has 0 bridgehead atoms. The number of benzene rings is 5. The Bertz CT molecular complexity index is 1790. The van der Waals surface area contributed by atoms with E-state index in [2.05, 4.69) is 0 Å². The minimum atomic E-state index is -1.78. The molecule has 7 rings (SSSR count). The summed E-state index contributed by atoms with van der Waals surface area (Å²) >= 11 is 0. The molecule has 5 aromatic rings. The van der Waals surface area contributed by atoms with E-state index in [1.807, 2.05) is 121 Å². The van der Waals surface area contributed by atoms with Gasteiger partial charge in [0.2, 0.25) is 0 Å². The number of ketones is 1. The quantitative estimate of drug-likeness (QED) is 0.127. The molecule has 0 fully saturated rings. The van der Waals surface area contributed by atoms with E-state index in [0.29, 0.717) is 22.5 Å². The third-order valence-electron chi connectivity index (χ3n) is 8.03. The van der Waals surface area contributed by atoms with Gasteiger partial charge in [-0.15, -0.1) is 0 Å². The zero-order chi connectivity index (χ0) is 28.7. The molecule has 4 heteroatoms. The molecular weight excluding hydrogens is 520 g/mol. The highest BCUT2D eigenvalue weighted by molar-refractivity contribution is 6.44. The van der Waals surface area contributed by atoms with Crippen molar-refractivity contribution in [2.45, 2.75) is 0 Å². The van der Waals surface area contributed by atoms with Crippen LogP contribution in [0, 0.1) is 5.41 Å². The average Bonchev–Trinajstić information content (AvgIpc) is 3.38. The highest BCUT2D eigenvalue weighted by Gasteiger charge is 2.62. The number of hydrogen-bond donors (Lipinski definition) is 0. The van der Waals surface area contributed by atoms with Crippen LogP contribution in [0.3, 0.4) is 0 Å². The smallest absolute Gasteiger partial charge is 0.334 e. The van der Waals surface area contributed by atoms with E-state index in [1.54, 1.807) is 25.3 Å². The molecule has 0 saturated heterocycles. The summed E-state index contributed by atoms with van der Waals surface area (Å²) in [4.78, 5) is 29.9. The van der Waals surface area contributed by atoms with E-state index < -0.39 is 11.4 Å². The van der Waals surface area contributed by atoms with Gasteiger partial charge < -0.3 is 9.47 Å². The fraction of sp³-hybridized carbons (Fsp3) is 0.0526. The first-order valence-electron chi connectivity index (χ1n) is 13.8. The van der Waals surface area contributed by atoms with Crippen molar-refractivity contribution in [3.63, 3.8) is 0 Å². The van der Waals surface area contributed by atoms with Crippen LogP contribution >= 0.6 is 0 Å². The summed E-state index contributed by atoms with van der Waals surface area (Å²) < 4.78 is 11.6. The number of esters is 1. The first-order chi connectivity index (χ1) is 20.6. The van der Waals surface area contributed by atoms with Gasteiger partial charge in [0.15, 0.2) is 11.2 Å². The maximum Gasteiger partial charge on any atom is 0.334 e. The largest absolute Gasteiger partial charge is 0.497 e. The van der Waals surface area contributed by atoms with Crippen LogP contribution in [0.15, 0.2) is 140 Å². The number of carbonyl (C=O) groups is 2. The lowest BCUT2D eigenvalue weighted by molar-refractivity contribution is -0.138. The Labute approximate surface area is 244 Å². The SMILES string of the molecule is COc1ccc2c(c1)C(=O)C1(C(=O)O2)C(c2ccccc2)=C(c2ccccc2)C(c2ccccc2)=C1c1ccccc1. The van der Waals surface area contributed by atoms with Gasteiger partial charge in [-0.25, -0.2) is 4.79 Å². The van der Waals surface area contributed by atoms with Crippen LogP contribution in [-0.4, -0.2) is 18.9 Å². The molecule has 0 amide bonds. The lowest BCUT2D eigenvalue weighted by atomic mass is 9.65. The van der Waals surface area contributed by atoms with Crippen molar-refractivity contribution in [3.05, 3.63) is 167 Å². The standard InChI is InChI=1S/C38H26O4/c1-41-29-22-23-31-30(24-29)36(39)38(37(40)42-31)34(27-18-10-4-11-19-27)32(25-14-6-2-7-15-25)33(26-16-8-3-9-17-26)35(38)28-20-12-5-13-21-28/h2-24H,1H3. The lowest BCUT2D eigenvalue weighted by Crippen LogP contribution is -2.46. The molecule has 202 valence electrons. The molecule has 5 aromatic carbocycles. The Hall–Kier alpha value is -5.48. The van der Waals surface area contributed by atoms with Gasteiger partial charge in [-0.05, 0) is 62.7 Å². The number of rotatable bonds is 5. The number of fused-ring (bicyclic) bond motifs is 1. The Morgan fingerprint density at radius 2 is 0.976 bits per heavy atom. The third kappa shape index (κ3) is 3.76. The van der Waals surface area contributed by atoms with E-state index in [0.717, 1.165) is 33.4 Å². The second-order valence-electron chi connectivity index (χ2n) is 10.3. The Kier molecular flexibility index (Phi) is 6.17. The fourth-order valence-corrected chi connectivity index (χ4v) is 6.27. The lowest BCUT2D eigenvalue weighted by Gasteiger charge is -2.36. The maximum absolute atomic E-state index is 15.2. The molecular formula is C38H26O4. The predicted molar refractivity (Wildman–Crippen MR) is 165 cm³/mol. The fourth-order valence-electron chi connectivity index (χ4n) is 6.27. The van der Waals surface area contributed by atoms with Gasteiger partial charge >= 0.3 is 5.97 Å². The molecule has 2 aliphatic rings. The summed E-state index contributed by atoms with van der Waals surface area (Å²) in [6.45, 7) is 0. The van der Waals surface area contributed by atoms with Crippen molar-refractivity contribution in [1.29, 1.82) is 0 Å². The zero-order valence-corrected chi connectivity index (χ0v) is 22.9. The molecule has 1 heterocycles. The molecule has 0 atom stereocenters. The minimum absolute atomic E-state index is 0.227. The second kappa shape index (κ2) is 10.2. The molecule has 0 aromatic heterocycles. The average molecular weight is 547 g/mol. The molecule has 0 unspecified atom stereocenters. The highest BCUT2D eigenvalue weighted by atomic mass is 16.5.